The molecule has 1 aromatic rings. The van der Waals surface area contributed by atoms with Crippen LogP contribution in [0.1, 0.15) is 31.7 Å². The van der Waals surface area contributed by atoms with Crippen LogP contribution < -0.4 is 5.73 Å². The van der Waals surface area contributed by atoms with Crippen molar-refractivity contribution in [3.8, 4) is 0 Å². The molecule has 1 aliphatic heterocycles. The van der Waals surface area contributed by atoms with E-state index >= 15 is 0 Å². The molecule has 23 heavy (non-hydrogen) atoms. The van der Waals surface area contributed by atoms with Crippen molar-refractivity contribution in [2.45, 2.75) is 37.8 Å². The Hall–Kier alpha value is -1.60. The fraction of sp³-hybridized carbons (Fsp3) is 0.500. The number of benzene rings is 1. The lowest BCUT2D eigenvalue weighted by molar-refractivity contribution is -0.163. The largest absolute Gasteiger partial charge is 0.458 e. The molecule has 2 N–H and O–H groups in total. The van der Waals surface area contributed by atoms with Crippen LogP contribution in [0.5, 0.6) is 0 Å². The summed E-state index contributed by atoms with van der Waals surface area (Å²) in [5, 5.41) is -0.579. The van der Waals surface area contributed by atoms with Gasteiger partial charge in [0.1, 0.15) is 22.8 Å². The third kappa shape index (κ3) is 4.03. The zero-order valence-electron chi connectivity index (χ0n) is 13.4. The molecule has 0 radical (unpaired) electrons. The van der Waals surface area contributed by atoms with Gasteiger partial charge in [-0.25, -0.2) is 9.18 Å². The third-order valence-electron chi connectivity index (χ3n) is 3.31. The van der Waals surface area contributed by atoms with Crippen LogP contribution in [0.4, 0.5) is 4.39 Å². The smallest absolute Gasteiger partial charge is 0.330 e. The number of rotatable bonds is 3. The molecule has 0 saturated carbocycles. The summed E-state index contributed by atoms with van der Waals surface area (Å²) in [7, 11) is 0. The molecule has 0 unspecified atom stereocenters. The minimum atomic E-state index is -0.764. The summed E-state index contributed by atoms with van der Waals surface area (Å²) in [4.78, 5) is 26.0. The topological polar surface area (TPSA) is 72.6 Å². The van der Waals surface area contributed by atoms with Crippen LogP contribution in [0.2, 0.25) is 0 Å². The fourth-order valence-electron chi connectivity index (χ4n) is 2.38. The molecule has 0 aromatic heterocycles. The highest BCUT2D eigenvalue weighted by Gasteiger charge is 2.44. The highest BCUT2D eigenvalue weighted by Crippen LogP contribution is 2.42. The van der Waals surface area contributed by atoms with E-state index < -0.39 is 34.7 Å². The van der Waals surface area contributed by atoms with Gasteiger partial charge in [0.25, 0.3) is 0 Å². The van der Waals surface area contributed by atoms with E-state index in [1.54, 1.807) is 39.0 Å². The minimum absolute atomic E-state index is 0.245. The van der Waals surface area contributed by atoms with Crippen LogP contribution in [0.25, 0.3) is 0 Å². The number of ether oxygens (including phenoxy) is 1. The lowest BCUT2D eigenvalue weighted by atomic mass is 10.1. The van der Waals surface area contributed by atoms with Crippen LogP contribution in [-0.4, -0.2) is 40.7 Å². The predicted octanol–water partition coefficient (Wildman–Crippen LogP) is 2.07. The van der Waals surface area contributed by atoms with Gasteiger partial charge < -0.3 is 15.4 Å². The highest BCUT2D eigenvalue weighted by atomic mass is 32.2. The first-order valence-electron chi connectivity index (χ1n) is 7.34. The average Bonchev–Trinajstić information content (AvgIpc) is 2.90. The van der Waals surface area contributed by atoms with Crippen LogP contribution in [0.3, 0.4) is 0 Å². The Labute approximate surface area is 139 Å². The standard InChI is InChI=1S/C16H21FN2O3S/c1-16(2,3)22-15(21)12-9-23-14(19(12)13(20)8-18)10-6-4-5-7-11(10)17/h4-7,12,14H,8-9,18H2,1-3H3/t12-,14+/m0/s1. The SMILES string of the molecule is CC(C)(C)OC(=O)[C@@H]1CS[C@H](c2ccccc2F)N1C(=O)CN. The Morgan fingerprint density at radius 3 is 2.61 bits per heavy atom. The number of amides is 1. The van der Waals surface area contributed by atoms with E-state index in [1.165, 1.54) is 22.7 Å². The zero-order chi connectivity index (χ0) is 17.2. The Balaban J connectivity index is 2.31. The second-order valence-corrected chi connectivity index (χ2v) is 7.37. The average molecular weight is 340 g/mol. The van der Waals surface area contributed by atoms with Crippen molar-refractivity contribution in [2.24, 2.45) is 5.73 Å². The van der Waals surface area contributed by atoms with Crippen LogP contribution >= 0.6 is 11.8 Å². The van der Waals surface area contributed by atoms with Gasteiger partial charge in [-0.2, -0.15) is 0 Å². The van der Waals surface area contributed by atoms with Gasteiger partial charge in [0.15, 0.2) is 0 Å². The van der Waals surface area contributed by atoms with E-state index in [1.807, 2.05) is 0 Å². The second kappa shape index (κ2) is 6.88. The van der Waals surface area contributed by atoms with Crippen molar-refractivity contribution in [3.63, 3.8) is 0 Å². The number of carbonyl (C=O) groups is 2. The van der Waals surface area contributed by atoms with E-state index in [-0.39, 0.29) is 6.54 Å². The second-order valence-electron chi connectivity index (χ2n) is 6.26. The molecule has 5 nitrogen and oxygen atoms in total. The van der Waals surface area contributed by atoms with Crippen molar-refractivity contribution in [1.29, 1.82) is 0 Å². The van der Waals surface area contributed by atoms with Gasteiger partial charge in [0.05, 0.1) is 6.54 Å². The lowest BCUT2D eigenvalue weighted by Crippen LogP contribution is -2.47. The van der Waals surface area contributed by atoms with Gasteiger partial charge in [-0.3, -0.25) is 4.79 Å². The molecular formula is C16H21FN2O3S. The molecule has 1 aliphatic rings. The van der Waals surface area contributed by atoms with Gasteiger partial charge >= 0.3 is 5.97 Å². The molecule has 1 amide bonds. The number of carbonyl (C=O) groups excluding carboxylic acids is 2. The highest BCUT2D eigenvalue weighted by molar-refractivity contribution is 7.99. The maximum atomic E-state index is 14.1. The van der Waals surface area contributed by atoms with Crippen LogP contribution in [0, 0.1) is 5.82 Å². The van der Waals surface area contributed by atoms with Crippen molar-refractivity contribution in [3.05, 3.63) is 35.6 Å². The molecule has 7 heteroatoms. The first kappa shape index (κ1) is 17.7. The van der Waals surface area contributed by atoms with Gasteiger partial charge in [-0.05, 0) is 26.8 Å². The van der Waals surface area contributed by atoms with E-state index in [9.17, 15) is 14.0 Å². The first-order chi connectivity index (χ1) is 10.7. The van der Waals surface area contributed by atoms with Gasteiger partial charge in [0, 0.05) is 11.3 Å². The molecule has 1 aromatic carbocycles. The quantitative estimate of drug-likeness (QED) is 0.853. The molecule has 1 fully saturated rings. The molecule has 2 atom stereocenters. The number of halogens is 1. The monoisotopic (exact) mass is 340 g/mol. The Bertz CT molecular complexity index is 603. The number of thioether (sulfide) groups is 1. The number of nitrogens with zero attached hydrogens (tertiary/aromatic N) is 1. The van der Waals surface area contributed by atoms with Gasteiger partial charge in [0.2, 0.25) is 5.91 Å². The van der Waals surface area contributed by atoms with Crippen molar-refractivity contribution in [2.75, 3.05) is 12.3 Å². The first-order valence-corrected chi connectivity index (χ1v) is 8.39. The molecule has 0 spiro atoms. The van der Waals surface area contributed by atoms with E-state index in [0.29, 0.717) is 11.3 Å². The third-order valence-corrected chi connectivity index (χ3v) is 4.62. The summed E-state index contributed by atoms with van der Waals surface area (Å²) in [5.74, 6) is -0.964. The van der Waals surface area contributed by atoms with E-state index in [4.69, 9.17) is 10.5 Å². The van der Waals surface area contributed by atoms with Crippen LogP contribution in [0.15, 0.2) is 24.3 Å². The summed E-state index contributed by atoms with van der Waals surface area (Å²) in [6.07, 6.45) is 0. The molecular weight excluding hydrogens is 319 g/mol. The molecule has 126 valence electrons. The van der Waals surface area contributed by atoms with Gasteiger partial charge in [-0.1, -0.05) is 18.2 Å². The molecule has 1 saturated heterocycles. The van der Waals surface area contributed by atoms with Crippen molar-refractivity contribution >= 4 is 23.6 Å². The molecule has 0 aliphatic carbocycles. The van der Waals surface area contributed by atoms with Crippen molar-refractivity contribution < 1.29 is 18.7 Å². The van der Waals surface area contributed by atoms with Crippen LogP contribution in [-0.2, 0) is 14.3 Å². The predicted molar refractivity (Wildman–Crippen MR) is 87.1 cm³/mol. The Morgan fingerprint density at radius 1 is 1.39 bits per heavy atom. The van der Waals surface area contributed by atoms with E-state index in [0.717, 1.165) is 0 Å². The number of nitrogens with two attached hydrogens (primary N) is 1. The summed E-state index contributed by atoms with van der Waals surface area (Å²) < 4.78 is 19.5. The lowest BCUT2D eigenvalue weighted by Gasteiger charge is -2.30. The van der Waals surface area contributed by atoms with E-state index in [2.05, 4.69) is 0 Å². The minimum Gasteiger partial charge on any atom is -0.458 e. The maximum absolute atomic E-state index is 14.1. The fourth-order valence-corrected chi connectivity index (χ4v) is 3.84. The molecule has 1 heterocycles. The number of hydrogen-bond acceptors (Lipinski definition) is 5. The summed E-state index contributed by atoms with van der Waals surface area (Å²) in [6.45, 7) is 5.04. The zero-order valence-corrected chi connectivity index (χ0v) is 14.2. The number of esters is 1. The maximum Gasteiger partial charge on any atom is 0.330 e. The summed E-state index contributed by atoms with van der Waals surface area (Å²) in [6, 6.07) is 5.47. The normalized spacial score (nSPS) is 21.3. The molecule has 0 bridgehead atoms. The Morgan fingerprint density at radius 2 is 2.04 bits per heavy atom. The Kier molecular flexibility index (Phi) is 5.31. The van der Waals surface area contributed by atoms with Crippen molar-refractivity contribution in [1.82, 2.24) is 4.90 Å². The summed E-state index contributed by atoms with van der Waals surface area (Å²) >= 11 is 1.33. The van der Waals surface area contributed by atoms with Gasteiger partial charge in [-0.15, -0.1) is 11.8 Å². The molecule has 2 rings (SSSR count). The summed E-state index contributed by atoms with van der Waals surface area (Å²) in [5.41, 5.74) is 5.18. The number of hydrogen-bond donors (Lipinski definition) is 1.